The summed E-state index contributed by atoms with van der Waals surface area (Å²) in [5.74, 6) is 0.344. The molecule has 0 aliphatic heterocycles. The van der Waals surface area contributed by atoms with Crippen LogP contribution in [-0.2, 0) is 9.53 Å². The van der Waals surface area contributed by atoms with E-state index in [4.69, 9.17) is 9.84 Å². The van der Waals surface area contributed by atoms with Crippen LogP contribution in [0.4, 0.5) is 0 Å². The Morgan fingerprint density at radius 2 is 2.33 bits per heavy atom. The van der Waals surface area contributed by atoms with E-state index >= 15 is 0 Å². The molecule has 0 spiro atoms. The van der Waals surface area contributed by atoms with Crippen molar-refractivity contribution >= 4 is 6.29 Å². The molecule has 0 aliphatic rings. The second-order valence-corrected chi connectivity index (χ2v) is 2.89. The molecule has 0 aliphatic carbocycles. The molecule has 4 heteroatoms. The van der Waals surface area contributed by atoms with Gasteiger partial charge in [-0.1, -0.05) is 6.92 Å². The molecule has 0 aromatic rings. The topological polar surface area (TPSA) is 58.6 Å². The summed E-state index contributed by atoms with van der Waals surface area (Å²) in [6.07, 6.45) is 0.111. The normalized spacial score (nSPS) is 15.6. The van der Waals surface area contributed by atoms with Gasteiger partial charge in [0.05, 0.1) is 0 Å². The molecule has 0 fully saturated rings. The first-order valence-corrected chi connectivity index (χ1v) is 4.04. The maximum atomic E-state index is 9.96. The van der Waals surface area contributed by atoms with Crippen LogP contribution in [0.2, 0.25) is 0 Å². The summed E-state index contributed by atoms with van der Waals surface area (Å²) in [6.45, 7) is 3.31. The number of aldehydes is 1. The molecule has 0 radical (unpaired) electrons. The molecule has 0 saturated heterocycles. The second-order valence-electron chi connectivity index (χ2n) is 2.89. The van der Waals surface area contributed by atoms with E-state index in [9.17, 15) is 4.79 Å². The van der Waals surface area contributed by atoms with Crippen molar-refractivity contribution in [3.8, 4) is 0 Å². The van der Waals surface area contributed by atoms with E-state index in [2.05, 4.69) is 5.32 Å². The molecule has 0 aromatic heterocycles. The quantitative estimate of drug-likeness (QED) is 0.414. The smallest absolute Gasteiger partial charge is 0.123 e. The first-order valence-electron chi connectivity index (χ1n) is 4.04. The van der Waals surface area contributed by atoms with Crippen molar-refractivity contribution < 1.29 is 14.6 Å². The van der Waals surface area contributed by atoms with E-state index in [0.717, 1.165) is 0 Å². The van der Waals surface area contributed by atoms with Crippen molar-refractivity contribution in [2.45, 2.75) is 19.6 Å². The van der Waals surface area contributed by atoms with Gasteiger partial charge in [0.25, 0.3) is 0 Å². The largest absolute Gasteiger partial charge is 0.384 e. The van der Waals surface area contributed by atoms with Crippen LogP contribution in [0.3, 0.4) is 0 Å². The first kappa shape index (κ1) is 11.6. The fraction of sp³-hybridized carbons (Fsp3) is 0.875. The summed E-state index contributed by atoms with van der Waals surface area (Å²) >= 11 is 0. The van der Waals surface area contributed by atoms with Crippen LogP contribution in [0.5, 0.6) is 0 Å². The van der Waals surface area contributed by atoms with Crippen molar-refractivity contribution in [1.82, 2.24) is 5.32 Å². The van der Waals surface area contributed by atoms with Gasteiger partial charge in [-0.3, -0.25) is 5.32 Å². The van der Waals surface area contributed by atoms with Gasteiger partial charge in [-0.15, -0.1) is 0 Å². The lowest BCUT2D eigenvalue weighted by atomic mass is 10.2. The molecule has 0 aromatic carbocycles. The van der Waals surface area contributed by atoms with Crippen molar-refractivity contribution in [3.63, 3.8) is 0 Å². The number of aliphatic hydroxyl groups excluding tert-OH is 1. The van der Waals surface area contributed by atoms with Crippen LogP contribution < -0.4 is 5.32 Å². The number of aliphatic hydroxyl groups is 1. The van der Waals surface area contributed by atoms with Gasteiger partial charge >= 0.3 is 0 Å². The predicted octanol–water partition coefficient (Wildman–Crippen LogP) is -0.234. The highest BCUT2D eigenvalue weighted by molar-refractivity contribution is 5.49. The number of hydrogen-bond acceptors (Lipinski definition) is 4. The summed E-state index contributed by atoms with van der Waals surface area (Å²) in [6, 6.07) is 0. The molecule has 0 bridgehead atoms. The SMILES string of the molecule is COCC(C)CNC(O)CC=O. The summed E-state index contributed by atoms with van der Waals surface area (Å²) in [5, 5.41) is 11.9. The highest BCUT2D eigenvalue weighted by Gasteiger charge is 2.05. The number of methoxy groups -OCH3 is 1. The monoisotopic (exact) mass is 175 g/mol. The maximum Gasteiger partial charge on any atom is 0.123 e. The Bertz CT molecular complexity index is 119. The molecule has 0 rings (SSSR count). The molecule has 2 unspecified atom stereocenters. The molecule has 4 nitrogen and oxygen atoms in total. The summed E-state index contributed by atoms with van der Waals surface area (Å²) in [7, 11) is 1.64. The molecule has 2 atom stereocenters. The molecule has 2 N–H and O–H groups in total. The Morgan fingerprint density at radius 1 is 1.67 bits per heavy atom. The minimum atomic E-state index is -0.721. The number of nitrogens with one attached hydrogen (secondary N) is 1. The third-order valence-electron chi connectivity index (χ3n) is 1.47. The molecular formula is C8H17NO3. The lowest BCUT2D eigenvalue weighted by Gasteiger charge is -2.14. The average Bonchev–Trinajstić information content (AvgIpc) is 2.02. The van der Waals surface area contributed by atoms with Gasteiger partial charge in [0.2, 0.25) is 0 Å². The first-order chi connectivity index (χ1) is 5.70. The Morgan fingerprint density at radius 3 is 2.83 bits per heavy atom. The van der Waals surface area contributed by atoms with Crippen LogP contribution in [-0.4, -0.2) is 37.9 Å². The Kier molecular flexibility index (Phi) is 6.94. The molecule has 0 amide bonds. The standard InChI is InChI=1S/C8H17NO3/c1-7(6-12-2)5-9-8(11)3-4-10/h4,7-9,11H,3,5-6H2,1-2H3. The zero-order chi connectivity index (χ0) is 9.40. The minimum Gasteiger partial charge on any atom is -0.384 e. The van der Waals surface area contributed by atoms with Crippen molar-refractivity contribution in [3.05, 3.63) is 0 Å². The van der Waals surface area contributed by atoms with Crippen LogP contribution in [0.25, 0.3) is 0 Å². The molecule has 12 heavy (non-hydrogen) atoms. The van der Waals surface area contributed by atoms with Gasteiger partial charge < -0.3 is 14.6 Å². The van der Waals surface area contributed by atoms with Gasteiger partial charge in [0.15, 0.2) is 0 Å². The average molecular weight is 175 g/mol. The molecule has 72 valence electrons. The van der Waals surface area contributed by atoms with Gasteiger partial charge in [-0.2, -0.15) is 0 Å². The van der Waals surface area contributed by atoms with Gasteiger partial charge in [-0.05, 0) is 5.92 Å². The number of rotatable bonds is 7. The van der Waals surface area contributed by atoms with Crippen molar-refractivity contribution in [2.75, 3.05) is 20.3 Å². The van der Waals surface area contributed by atoms with E-state index in [0.29, 0.717) is 25.4 Å². The number of ether oxygens (including phenoxy) is 1. The highest BCUT2D eigenvalue weighted by Crippen LogP contribution is 1.93. The van der Waals surface area contributed by atoms with E-state index in [1.807, 2.05) is 6.92 Å². The Labute approximate surface area is 72.9 Å². The van der Waals surface area contributed by atoms with Crippen molar-refractivity contribution in [2.24, 2.45) is 5.92 Å². The van der Waals surface area contributed by atoms with Gasteiger partial charge in [0, 0.05) is 26.7 Å². The zero-order valence-electron chi connectivity index (χ0n) is 7.62. The third-order valence-corrected chi connectivity index (χ3v) is 1.47. The van der Waals surface area contributed by atoms with Gasteiger partial charge in [-0.25, -0.2) is 0 Å². The zero-order valence-corrected chi connectivity index (χ0v) is 7.62. The lowest BCUT2D eigenvalue weighted by molar-refractivity contribution is -0.109. The van der Waals surface area contributed by atoms with E-state index in [-0.39, 0.29) is 6.42 Å². The molecule has 0 saturated carbocycles. The summed E-state index contributed by atoms with van der Waals surface area (Å²) in [4.78, 5) is 9.96. The van der Waals surface area contributed by atoms with Crippen LogP contribution in [0, 0.1) is 5.92 Å². The lowest BCUT2D eigenvalue weighted by Crippen LogP contribution is -2.33. The van der Waals surface area contributed by atoms with Crippen molar-refractivity contribution in [1.29, 1.82) is 0 Å². The third kappa shape index (κ3) is 6.27. The highest BCUT2D eigenvalue weighted by atomic mass is 16.5. The van der Waals surface area contributed by atoms with E-state index < -0.39 is 6.23 Å². The van der Waals surface area contributed by atoms with E-state index in [1.54, 1.807) is 7.11 Å². The number of carbonyl (C=O) groups is 1. The van der Waals surface area contributed by atoms with Crippen LogP contribution >= 0.6 is 0 Å². The summed E-state index contributed by atoms with van der Waals surface area (Å²) < 4.78 is 4.90. The number of hydrogen-bond donors (Lipinski definition) is 2. The van der Waals surface area contributed by atoms with Crippen LogP contribution in [0.1, 0.15) is 13.3 Å². The Hall–Kier alpha value is -0.450. The molecule has 0 heterocycles. The second kappa shape index (κ2) is 7.21. The summed E-state index contributed by atoms with van der Waals surface area (Å²) in [5.41, 5.74) is 0. The predicted molar refractivity (Wildman–Crippen MR) is 45.7 cm³/mol. The fourth-order valence-corrected chi connectivity index (χ4v) is 0.855. The van der Waals surface area contributed by atoms with Crippen LogP contribution in [0.15, 0.2) is 0 Å². The maximum absolute atomic E-state index is 9.96. The van der Waals surface area contributed by atoms with E-state index in [1.165, 1.54) is 0 Å². The minimum absolute atomic E-state index is 0.139. The molecular weight excluding hydrogens is 158 g/mol. The Balaban J connectivity index is 3.32. The fourth-order valence-electron chi connectivity index (χ4n) is 0.855. The number of carbonyl (C=O) groups excluding carboxylic acids is 1. The van der Waals surface area contributed by atoms with Gasteiger partial charge in [0.1, 0.15) is 12.5 Å².